The largest absolute Gasteiger partial charge is 0.497 e. The predicted molar refractivity (Wildman–Crippen MR) is 114 cm³/mol. The van der Waals surface area contributed by atoms with Gasteiger partial charge in [0, 0.05) is 44.5 Å². The van der Waals surface area contributed by atoms with E-state index < -0.39 is 0 Å². The van der Waals surface area contributed by atoms with Gasteiger partial charge in [0.25, 0.3) is 0 Å². The molecule has 0 saturated carbocycles. The number of nitrogens with one attached hydrogen (secondary N) is 1. The van der Waals surface area contributed by atoms with Crippen LogP contribution in [0.25, 0.3) is 0 Å². The molecule has 1 aromatic carbocycles. The van der Waals surface area contributed by atoms with Gasteiger partial charge in [0.05, 0.1) is 25.3 Å². The van der Waals surface area contributed by atoms with Crippen molar-refractivity contribution in [3.05, 3.63) is 47.1 Å². The number of amides is 1. The summed E-state index contributed by atoms with van der Waals surface area (Å²) in [4.78, 5) is 21.2. The SMILES string of the molecule is COc1ccc(OC)c(CN2CCN(C(C)C(=O)Nc3ccc(Cl)cn3)CC2)c1. The zero-order valence-corrected chi connectivity index (χ0v) is 17.8. The molecule has 1 fully saturated rings. The zero-order valence-electron chi connectivity index (χ0n) is 17.0. The molecule has 1 saturated heterocycles. The van der Waals surface area contributed by atoms with Crippen LogP contribution in [0.3, 0.4) is 0 Å². The summed E-state index contributed by atoms with van der Waals surface area (Å²) < 4.78 is 10.8. The molecular formula is C21H27ClN4O3. The van der Waals surface area contributed by atoms with E-state index in [2.05, 4.69) is 20.1 Å². The lowest BCUT2D eigenvalue weighted by atomic mass is 10.1. The van der Waals surface area contributed by atoms with E-state index in [9.17, 15) is 4.79 Å². The van der Waals surface area contributed by atoms with Gasteiger partial charge in [-0.3, -0.25) is 14.6 Å². The van der Waals surface area contributed by atoms with E-state index in [0.29, 0.717) is 10.8 Å². The normalized spacial score (nSPS) is 16.3. The number of anilines is 1. The molecule has 1 atom stereocenters. The molecule has 0 radical (unpaired) electrons. The number of hydrogen-bond donors (Lipinski definition) is 1. The van der Waals surface area contributed by atoms with Crippen molar-refractivity contribution < 1.29 is 14.3 Å². The van der Waals surface area contributed by atoms with E-state index >= 15 is 0 Å². The molecule has 1 aliphatic rings. The fraction of sp³-hybridized carbons (Fsp3) is 0.429. The number of benzene rings is 1. The lowest BCUT2D eigenvalue weighted by Gasteiger charge is -2.37. The fourth-order valence-electron chi connectivity index (χ4n) is 3.40. The molecule has 1 N–H and O–H groups in total. The van der Waals surface area contributed by atoms with Crippen molar-refractivity contribution in [2.45, 2.75) is 19.5 Å². The summed E-state index contributed by atoms with van der Waals surface area (Å²) in [6, 6.07) is 9.02. The van der Waals surface area contributed by atoms with Crippen molar-refractivity contribution >= 4 is 23.3 Å². The Kier molecular flexibility index (Phi) is 7.30. The predicted octanol–water partition coefficient (Wildman–Crippen LogP) is 2.90. The first-order valence-electron chi connectivity index (χ1n) is 9.60. The summed E-state index contributed by atoms with van der Waals surface area (Å²) >= 11 is 5.84. The molecule has 8 heteroatoms. The number of pyridine rings is 1. The van der Waals surface area contributed by atoms with Gasteiger partial charge in [-0.05, 0) is 37.3 Å². The number of hydrogen-bond acceptors (Lipinski definition) is 6. The molecule has 2 aromatic rings. The molecular weight excluding hydrogens is 392 g/mol. The topological polar surface area (TPSA) is 66.9 Å². The van der Waals surface area contributed by atoms with Crippen molar-refractivity contribution in [2.24, 2.45) is 0 Å². The number of carbonyl (C=O) groups is 1. The van der Waals surface area contributed by atoms with E-state index in [1.54, 1.807) is 26.4 Å². The maximum absolute atomic E-state index is 12.6. The minimum Gasteiger partial charge on any atom is -0.497 e. The molecule has 29 heavy (non-hydrogen) atoms. The Bertz CT molecular complexity index is 823. The summed E-state index contributed by atoms with van der Waals surface area (Å²) in [5.41, 5.74) is 1.10. The molecule has 3 rings (SSSR count). The van der Waals surface area contributed by atoms with Crippen LogP contribution in [0.1, 0.15) is 12.5 Å². The van der Waals surface area contributed by atoms with Crippen LogP contribution in [0, 0.1) is 0 Å². The van der Waals surface area contributed by atoms with Crippen LogP contribution < -0.4 is 14.8 Å². The lowest BCUT2D eigenvalue weighted by molar-refractivity contribution is -0.121. The summed E-state index contributed by atoms with van der Waals surface area (Å²) in [6.45, 7) is 6.08. The first-order chi connectivity index (χ1) is 14.0. The summed E-state index contributed by atoms with van der Waals surface area (Å²) in [5, 5.41) is 3.39. The highest BCUT2D eigenvalue weighted by molar-refractivity contribution is 6.30. The molecule has 7 nitrogen and oxygen atoms in total. The highest BCUT2D eigenvalue weighted by Gasteiger charge is 2.26. The van der Waals surface area contributed by atoms with Crippen molar-refractivity contribution in [3.63, 3.8) is 0 Å². The Morgan fingerprint density at radius 3 is 2.55 bits per heavy atom. The van der Waals surface area contributed by atoms with E-state index in [0.717, 1.165) is 49.8 Å². The Labute approximate surface area is 176 Å². The fourth-order valence-corrected chi connectivity index (χ4v) is 3.51. The minimum atomic E-state index is -0.235. The first-order valence-corrected chi connectivity index (χ1v) is 9.97. The third kappa shape index (κ3) is 5.59. The van der Waals surface area contributed by atoms with Crippen LogP contribution in [-0.2, 0) is 11.3 Å². The molecule has 2 heterocycles. The van der Waals surface area contributed by atoms with Crippen LogP contribution in [-0.4, -0.2) is 67.1 Å². The van der Waals surface area contributed by atoms with Gasteiger partial charge in [-0.2, -0.15) is 0 Å². The summed E-state index contributed by atoms with van der Waals surface area (Å²) in [6.07, 6.45) is 1.52. The number of halogens is 1. The molecule has 1 aliphatic heterocycles. The Morgan fingerprint density at radius 1 is 1.17 bits per heavy atom. The van der Waals surface area contributed by atoms with Crippen molar-refractivity contribution in [1.82, 2.24) is 14.8 Å². The minimum absolute atomic E-state index is 0.0669. The average Bonchev–Trinajstić information content (AvgIpc) is 2.75. The van der Waals surface area contributed by atoms with Gasteiger partial charge in [0.2, 0.25) is 5.91 Å². The standard InChI is InChI=1S/C21H27ClN4O3/c1-15(21(27)24-20-7-4-17(22)13-23-20)26-10-8-25(9-11-26)14-16-12-18(28-2)5-6-19(16)29-3/h4-7,12-13,15H,8-11,14H2,1-3H3,(H,23,24,27). The van der Waals surface area contributed by atoms with Crippen molar-refractivity contribution in [1.29, 1.82) is 0 Å². The van der Waals surface area contributed by atoms with Gasteiger partial charge in [-0.15, -0.1) is 0 Å². The van der Waals surface area contributed by atoms with Crippen LogP contribution in [0.4, 0.5) is 5.82 Å². The second-order valence-corrected chi connectivity index (χ2v) is 7.45. The Hall–Kier alpha value is -2.35. The third-order valence-electron chi connectivity index (χ3n) is 5.19. The number of carbonyl (C=O) groups excluding carboxylic acids is 1. The van der Waals surface area contributed by atoms with Gasteiger partial charge < -0.3 is 14.8 Å². The van der Waals surface area contributed by atoms with Gasteiger partial charge >= 0.3 is 0 Å². The molecule has 1 aromatic heterocycles. The van der Waals surface area contributed by atoms with E-state index in [1.807, 2.05) is 25.1 Å². The third-order valence-corrected chi connectivity index (χ3v) is 5.42. The molecule has 0 aliphatic carbocycles. The van der Waals surface area contributed by atoms with E-state index in [4.69, 9.17) is 21.1 Å². The average molecular weight is 419 g/mol. The van der Waals surface area contributed by atoms with Crippen LogP contribution in [0.5, 0.6) is 11.5 Å². The summed E-state index contributed by atoms with van der Waals surface area (Å²) in [5.74, 6) is 2.12. The number of rotatable bonds is 7. The maximum atomic E-state index is 12.6. The van der Waals surface area contributed by atoms with Gasteiger partial charge in [0.15, 0.2) is 0 Å². The molecule has 0 spiro atoms. The zero-order chi connectivity index (χ0) is 20.8. The van der Waals surface area contributed by atoms with Crippen LogP contribution >= 0.6 is 11.6 Å². The lowest BCUT2D eigenvalue weighted by Crippen LogP contribution is -2.52. The molecule has 1 amide bonds. The molecule has 0 bridgehead atoms. The van der Waals surface area contributed by atoms with E-state index in [-0.39, 0.29) is 11.9 Å². The highest BCUT2D eigenvalue weighted by atomic mass is 35.5. The number of methoxy groups -OCH3 is 2. The van der Waals surface area contributed by atoms with Crippen LogP contribution in [0.2, 0.25) is 5.02 Å². The van der Waals surface area contributed by atoms with Gasteiger partial charge in [0.1, 0.15) is 17.3 Å². The van der Waals surface area contributed by atoms with Gasteiger partial charge in [-0.1, -0.05) is 11.6 Å². The Morgan fingerprint density at radius 2 is 1.93 bits per heavy atom. The quantitative estimate of drug-likeness (QED) is 0.745. The number of nitrogens with zero attached hydrogens (tertiary/aromatic N) is 3. The second-order valence-electron chi connectivity index (χ2n) is 7.02. The highest BCUT2D eigenvalue weighted by Crippen LogP contribution is 2.25. The smallest absolute Gasteiger partial charge is 0.242 e. The second kappa shape index (κ2) is 9.91. The van der Waals surface area contributed by atoms with Crippen molar-refractivity contribution in [3.8, 4) is 11.5 Å². The number of piperazine rings is 1. The Balaban J connectivity index is 1.53. The summed E-state index contributed by atoms with van der Waals surface area (Å²) in [7, 11) is 3.34. The van der Waals surface area contributed by atoms with E-state index in [1.165, 1.54) is 6.20 Å². The number of aromatic nitrogens is 1. The first kappa shape index (κ1) is 21.4. The monoisotopic (exact) mass is 418 g/mol. The molecule has 156 valence electrons. The van der Waals surface area contributed by atoms with Crippen molar-refractivity contribution in [2.75, 3.05) is 45.7 Å². The van der Waals surface area contributed by atoms with Gasteiger partial charge in [-0.25, -0.2) is 4.98 Å². The van der Waals surface area contributed by atoms with Crippen LogP contribution in [0.15, 0.2) is 36.5 Å². The maximum Gasteiger partial charge on any atom is 0.242 e. The molecule has 1 unspecified atom stereocenters. The number of ether oxygens (including phenoxy) is 2.